The molecule has 0 radical (unpaired) electrons. The van der Waals surface area contributed by atoms with Gasteiger partial charge in [0.1, 0.15) is 0 Å². The van der Waals surface area contributed by atoms with Crippen LogP contribution >= 0.6 is 15.9 Å². The van der Waals surface area contributed by atoms with Crippen molar-refractivity contribution in [3.63, 3.8) is 0 Å². The summed E-state index contributed by atoms with van der Waals surface area (Å²) >= 11 is 3.17. The Hall–Kier alpha value is -0.960. The Morgan fingerprint density at radius 2 is 2.05 bits per heavy atom. The van der Waals surface area contributed by atoms with Crippen molar-refractivity contribution >= 4 is 31.9 Å². The fraction of sp³-hybridized carbons (Fsp3) is 0.462. The van der Waals surface area contributed by atoms with Crippen LogP contribution in [-0.4, -0.2) is 36.7 Å². The molecule has 1 aliphatic carbocycles. The third kappa shape index (κ3) is 3.45. The molecule has 3 N–H and O–H groups in total. The van der Waals surface area contributed by atoms with E-state index in [2.05, 4.69) is 20.7 Å². The number of carboxylic acid groups (broad SMARTS) is 1. The van der Waals surface area contributed by atoms with Crippen molar-refractivity contribution < 1.29 is 23.4 Å². The quantitative estimate of drug-likeness (QED) is 0.723. The lowest BCUT2D eigenvalue weighted by Crippen LogP contribution is -2.47. The number of aliphatic hydroxyl groups is 1. The summed E-state index contributed by atoms with van der Waals surface area (Å²) < 4.78 is 27.2. The van der Waals surface area contributed by atoms with Gasteiger partial charge < -0.3 is 10.2 Å². The van der Waals surface area contributed by atoms with Crippen LogP contribution in [0.25, 0.3) is 0 Å². The number of benzene rings is 1. The summed E-state index contributed by atoms with van der Waals surface area (Å²) in [7, 11) is -3.87. The Kier molecular flexibility index (Phi) is 4.44. The number of carboxylic acids is 1. The number of sulfonamides is 1. The molecule has 0 saturated heterocycles. The van der Waals surface area contributed by atoms with E-state index in [0.29, 0.717) is 22.9 Å². The van der Waals surface area contributed by atoms with E-state index in [1.54, 1.807) is 6.92 Å². The average Bonchev–Trinajstić information content (AvgIpc) is 2.36. The van der Waals surface area contributed by atoms with E-state index in [0.717, 1.165) is 12.5 Å². The number of halogens is 1. The largest absolute Gasteiger partial charge is 0.478 e. The normalized spacial score (nSPS) is 17.3. The fourth-order valence-electron chi connectivity index (χ4n) is 2.11. The van der Waals surface area contributed by atoms with Gasteiger partial charge in [-0.25, -0.2) is 17.9 Å². The molecule has 0 bridgehead atoms. The number of nitrogens with one attached hydrogen (secondary N) is 1. The zero-order chi connectivity index (χ0) is 15.8. The van der Waals surface area contributed by atoms with Crippen LogP contribution in [-0.2, 0) is 10.0 Å². The van der Waals surface area contributed by atoms with Crippen LogP contribution in [0.15, 0.2) is 21.5 Å². The summed E-state index contributed by atoms with van der Waals surface area (Å²) in [6.45, 7) is 1.53. The van der Waals surface area contributed by atoms with E-state index in [9.17, 15) is 18.3 Å². The summed E-state index contributed by atoms with van der Waals surface area (Å²) in [5.41, 5.74) is -0.601. The second kappa shape index (κ2) is 5.68. The van der Waals surface area contributed by atoms with Crippen molar-refractivity contribution in [3.8, 4) is 0 Å². The molecule has 0 spiro atoms. The lowest BCUT2D eigenvalue weighted by molar-refractivity contribution is -0.0271. The molecule has 0 aromatic heterocycles. The van der Waals surface area contributed by atoms with Gasteiger partial charge in [0.15, 0.2) is 0 Å². The molecule has 6 nitrogen and oxygen atoms in total. The molecule has 1 aliphatic rings. The monoisotopic (exact) mass is 377 g/mol. The molecule has 116 valence electrons. The van der Waals surface area contributed by atoms with Crippen LogP contribution in [0.4, 0.5) is 0 Å². The zero-order valence-corrected chi connectivity index (χ0v) is 13.8. The van der Waals surface area contributed by atoms with Gasteiger partial charge in [-0.05, 0) is 43.9 Å². The maximum Gasteiger partial charge on any atom is 0.336 e. The van der Waals surface area contributed by atoms with Gasteiger partial charge in [0, 0.05) is 11.0 Å². The van der Waals surface area contributed by atoms with Gasteiger partial charge in [-0.3, -0.25) is 0 Å². The molecule has 1 fully saturated rings. The Morgan fingerprint density at radius 3 is 2.52 bits per heavy atom. The lowest BCUT2D eigenvalue weighted by atomic mass is 9.81. The molecule has 8 heteroatoms. The van der Waals surface area contributed by atoms with Crippen LogP contribution in [0.5, 0.6) is 0 Å². The fourth-order valence-corrected chi connectivity index (χ4v) is 3.89. The van der Waals surface area contributed by atoms with Crippen LogP contribution in [0.1, 0.15) is 35.2 Å². The van der Waals surface area contributed by atoms with Crippen LogP contribution < -0.4 is 4.72 Å². The van der Waals surface area contributed by atoms with Gasteiger partial charge in [0.2, 0.25) is 10.0 Å². The first-order valence-corrected chi connectivity index (χ1v) is 8.68. The molecule has 1 saturated carbocycles. The van der Waals surface area contributed by atoms with Gasteiger partial charge in [-0.15, -0.1) is 0 Å². The highest BCUT2D eigenvalue weighted by molar-refractivity contribution is 9.10. The average molecular weight is 378 g/mol. The van der Waals surface area contributed by atoms with Crippen LogP contribution in [0.3, 0.4) is 0 Å². The van der Waals surface area contributed by atoms with E-state index < -0.39 is 21.6 Å². The highest BCUT2D eigenvalue weighted by Crippen LogP contribution is 2.31. The minimum absolute atomic E-state index is 0.0662. The van der Waals surface area contributed by atoms with Crippen LogP contribution in [0, 0.1) is 6.92 Å². The zero-order valence-electron chi connectivity index (χ0n) is 11.4. The van der Waals surface area contributed by atoms with E-state index in [1.165, 1.54) is 6.07 Å². The van der Waals surface area contributed by atoms with E-state index in [1.807, 2.05) is 0 Å². The van der Waals surface area contributed by atoms with Crippen molar-refractivity contribution in [3.05, 3.63) is 27.7 Å². The van der Waals surface area contributed by atoms with Crippen molar-refractivity contribution in [2.45, 2.75) is 36.7 Å². The lowest BCUT2D eigenvalue weighted by Gasteiger charge is -2.36. The highest BCUT2D eigenvalue weighted by Gasteiger charge is 2.35. The predicted molar refractivity (Wildman–Crippen MR) is 79.8 cm³/mol. The molecule has 0 unspecified atom stereocenters. The first-order valence-electron chi connectivity index (χ1n) is 6.40. The molecule has 0 amide bonds. The highest BCUT2D eigenvalue weighted by atomic mass is 79.9. The number of carbonyl (C=O) groups is 1. The molecule has 2 rings (SSSR count). The van der Waals surface area contributed by atoms with Crippen LogP contribution in [0.2, 0.25) is 0 Å². The van der Waals surface area contributed by atoms with Gasteiger partial charge in [0.25, 0.3) is 0 Å². The summed E-state index contributed by atoms with van der Waals surface area (Å²) in [6, 6.07) is 2.48. The smallest absolute Gasteiger partial charge is 0.336 e. The molecule has 1 aromatic rings. The Bertz CT molecular complexity index is 682. The summed E-state index contributed by atoms with van der Waals surface area (Å²) in [6.07, 6.45) is 2.00. The van der Waals surface area contributed by atoms with Gasteiger partial charge >= 0.3 is 5.97 Å². The minimum atomic E-state index is -3.87. The molecule has 0 atom stereocenters. The number of hydrogen-bond acceptors (Lipinski definition) is 4. The molecular weight excluding hydrogens is 362 g/mol. The molecule has 1 aromatic carbocycles. The number of hydrogen-bond donors (Lipinski definition) is 3. The first kappa shape index (κ1) is 16.4. The third-order valence-electron chi connectivity index (χ3n) is 3.73. The van der Waals surface area contributed by atoms with E-state index in [4.69, 9.17) is 5.11 Å². The molecule has 21 heavy (non-hydrogen) atoms. The summed E-state index contributed by atoms with van der Waals surface area (Å²) in [5.74, 6) is -1.19. The number of aromatic carboxylic acids is 1. The summed E-state index contributed by atoms with van der Waals surface area (Å²) in [5, 5.41) is 19.0. The molecule has 0 aliphatic heterocycles. The first-order chi connectivity index (χ1) is 9.65. The number of rotatable bonds is 5. The second-order valence-electron chi connectivity index (χ2n) is 5.29. The predicted octanol–water partition coefficient (Wildman–Crippen LogP) is 1.65. The third-order valence-corrected chi connectivity index (χ3v) is 5.94. The minimum Gasteiger partial charge on any atom is -0.478 e. The van der Waals surface area contributed by atoms with E-state index in [-0.39, 0.29) is 17.0 Å². The Morgan fingerprint density at radius 1 is 1.43 bits per heavy atom. The standard InChI is InChI=1S/C13H16BrNO5S/c1-8-10(12(16)17)5-9(6-11(8)14)21(19,20)15-7-13(18)3-2-4-13/h5-6,15,18H,2-4,7H2,1H3,(H,16,17). The van der Waals surface area contributed by atoms with Crippen molar-refractivity contribution in [2.24, 2.45) is 0 Å². The van der Waals surface area contributed by atoms with Gasteiger partial charge in [0.05, 0.1) is 16.1 Å². The summed E-state index contributed by atoms with van der Waals surface area (Å²) in [4.78, 5) is 11.0. The van der Waals surface area contributed by atoms with Crippen molar-refractivity contribution in [1.82, 2.24) is 4.72 Å². The maximum absolute atomic E-state index is 12.2. The Balaban J connectivity index is 2.29. The van der Waals surface area contributed by atoms with Crippen molar-refractivity contribution in [2.75, 3.05) is 6.54 Å². The SMILES string of the molecule is Cc1c(Br)cc(S(=O)(=O)NCC2(O)CCC2)cc1C(=O)O. The maximum atomic E-state index is 12.2. The molecule has 0 heterocycles. The van der Waals surface area contributed by atoms with Crippen molar-refractivity contribution in [1.29, 1.82) is 0 Å². The van der Waals surface area contributed by atoms with Gasteiger partial charge in [-0.2, -0.15) is 0 Å². The molecular formula is C13H16BrNO5S. The second-order valence-corrected chi connectivity index (χ2v) is 7.91. The van der Waals surface area contributed by atoms with E-state index >= 15 is 0 Å². The topological polar surface area (TPSA) is 104 Å². The van der Waals surface area contributed by atoms with Gasteiger partial charge in [-0.1, -0.05) is 15.9 Å². The Labute approximate surface area is 131 Å².